The first kappa shape index (κ1) is 15.3. The van der Waals surface area contributed by atoms with Crippen molar-refractivity contribution in [1.82, 2.24) is 4.98 Å². The third kappa shape index (κ3) is 3.49. The van der Waals surface area contributed by atoms with Crippen molar-refractivity contribution in [3.63, 3.8) is 0 Å². The van der Waals surface area contributed by atoms with Crippen LogP contribution in [0.1, 0.15) is 24.0 Å². The van der Waals surface area contributed by atoms with Crippen molar-refractivity contribution < 1.29 is 4.74 Å². The molecule has 1 atom stereocenters. The van der Waals surface area contributed by atoms with Crippen molar-refractivity contribution in [2.75, 3.05) is 19.6 Å². The molecular formula is C16H19NOS2. The van der Waals surface area contributed by atoms with Crippen molar-refractivity contribution >= 4 is 23.5 Å². The molecule has 0 spiro atoms. The third-order valence-electron chi connectivity index (χ3n) is 3.33. The third-order valence-corrected chi connectivity index (χ3v) is 4.59. The lowest BCUT2D eigenvalue weighted by atomic mass is 9.94. The van der Waals surface area contributed by atoms with Crippen LogP contribution >= 0.6 is 23.5 Å². The van der Waals surface area contributed by atoms with Gasteiger partial charge < -0.3 is 4.74 Å². The zero-order chi connectivity index (χ0) is 14.5. The molecule has 20 heavy (non-hydrogen) atoms. The van der Waals surface area contributed by atoms with Gasteiger partial charge in [0.05, 0.1) is 17.2 Å². The smallest absolute Gasteiger partial charge is 0.118 e. The summed E-state index contributed by atoms with van der Waals surface area (Å²) in [6.07, 6.45) is 4.13. The molecule has 2 nitrogen and oxygen atoms in total. The molecule has 1 heterocycles. The molecule has 2 rings (SSSR count). The topological polar surface area (TPSA) is 22.1 Å². The fourth-order valence-electron chi connectivity index (χ4n) is 2.04. The summed E-state index contributed by atoms with van der Waals surface area (Å²) in [6, 6.07) is 12.6. The summed E-state index contributed by atoms with van der Waals surface area (Å²) in [7, 11) is 1.69. The van der Waals surface area contributed by atoms with Crippen LogP contribution in [0.15, 0.2) is 46.5 Å². The summed E-state index contributed by atoms with van der Waals surface area (Å²) in [5, 5.41) is 2.15. The molecule has 0 bridgehead atoms. The van der Waals surface area contributed by atoms with Crippen LogP contribution in [0, 0.1) is 0 Å². The number of ether oxygens (including phenoxy) is 1. The minimum absolute atomic E-state index is 0.348. The quantitative estimate of drug-likeness (QED) is 0.747. The molecule has 0 fully saturated rings. The van der Waals surface area contributed by atoms with Crippen molar-refractivity contribution in [3.8, 4) is 5.75 Å². The van der Waals surface area contributed by atoms with Gasteiger partial charge in [-0.25, -0.2) is 4.98 Å². The molecule has 0 saturated carbocycles. The van der Waals surface area contributed by atoms with Gasteiger partial charge in [0.2, 0.25) is 0 Å². The number of aromatic nitrogens is 1. The van der Waals surface area contributed by atoms with E-state index in [1.807, 2.05) is 12.1 Å². The molecule has 106 valence electrons. The van der Waals surface area contributed by atoms with E-state index in [-0.39, 0.29) is 0 Å². The summed E-state index contributed by atoms with van der Waals surface area (Å²) in [5.74, 6) is 1.24. The number of methoxy groups -OCH3 is 1. The van der Waals surface area contributed by atoms with Crippen LogP contribution < -0.4 is 4.74 Å². The minimum Gasteiger partial charge on any atom is -0.497 e. The highest BCUT2D eigenvalue weighted by molar-refractivity contribution is 7.99. The number of hydrogen-bond donors (Lipinski definition) is 0. The molecule has 0 amide bonds. The van der Waals surface area contributed by atoms with E-state index in [2.05, 4.69) is 48.7 Å². The van der Waals surface area contributed by atoms with Crippen molar-refractivity contribution in [2.24, 2.45) is 0 Å². The Labute approximate surface area is 129 Å². The average molecular weight is 305 g/mol. The Bertz CT molecular complexity index is 547. The van der Waals surface area contributed by atoms with Crippen LogP contribution in [-0.2, 0) is 0 Å². The van der Waals surface area contributed by atoms with E-state index in [4.69, 9.17) is 4.74 Å². The van der Waals surface area contributed by atoms with Gasteiger partial charge in [-0.2, -0.15) is 0 Å². The van der Waals surface area contributed by atoms with Gasteiger partial charge >= 0.3 is 0 Å². The average Bonchev–Trinajstić information content (AvgIpc) is 2.53. The Hall–Kier alpha value is -1.13. The Morgan fingerprint density at radius 1 is 0.950 bits per heavy atom. The van der Waals surface area contributed by atoms with Crippen molar-refractivity contribution in [1.29, 1.82) is 0 Å². The van der Waals surface area contributed by atoms with Crippen molar-refractivity contribution in [2.45, 2.75) is 22.9 Å². The second-order valence-corrected chi connectivity index (χ2v) is 6.13. The Balaban J connectivity index is 2.33. The summed E-state index contributed by atoms with van der Waals surface area (Å²) in [6.45, 7) is 2.23. The predicted molar refractivity (Wildman–Crippen MR) is 88.3 cm³/mol. The summed E-state index contributed by atoms with van der Waals surface area (Å²) >= 11 is 3.37. The van der Waals surface area contributed by atoms with Crippen LogP contribution in [0.4, 0.5) is 0 Å². The molecule has 1 aromatic heterocycles. The summed E-state index contributed by atoms with van der Waals surface area (Å²) in [4.78, 5) is 4.58. The number of benzene rings is 1. The molecule has 0 saturated heterocycles. The van der Waals surface area contributed by atoms with Crippen LogP contribution in [0.5, 0.6) is 5.75 Å². The highest BCUT2D eigenvalue weighted by atomic mass is 32.2. The second-order valence-electron chi connectivity index (χ2n) is 4.48. The molecule has 1 aromatic carbocycles. The number of pyridine rings is 1. The highest BCUT2D eigenvalue weighted by Crippen LogP contribution is 2.30. The molecular weight excluding hydrogens is 286 g/mol. The Morgan fingerprint density at radius 2 is 1.50 bits per heavy atom. The molecule has 2 aromatic rings. The molecule has 0 aliphatic heterocycles. The van der Waals surface area contributed by atoms with Crippen LogP contribution in [0.2, 0.25) is 0 Å². The maximum Gasteiger partial charge on any atom is 0.118 e. The minimum atomic E-state index is 0.348. The fraction of sp³-hybridized carbons (Fsp3) is 0.312. The zero-order valence-electron chi connectivity index (χ0n) is 12.2. The molecule has 1 unspecified atom stereocenters. The molecule has 0 radical (unpaired) electrons. The van der Waals surface area contributed by atoms with E-state index < -0.39 is 0 Å². The first-order chi connectivity index (χ1) is 9.67. The molecule has 0 aliphatic carbocycles. The lowest BCUT2D eigenvalue weighted by molar-refractivity contribution is 0.414. The first-order valence-electron chi connectivity index (χ1n) is 6.42. The zero-order valence-corrected chi connectivity index (χ0v) is 13.8. The Morgan fingerprint density at radius 3 is 1.95 bits per heavy atom. The molecule has 4 heteroatoms. The van der Waals surface area contributed by atoms with Gasteiger partial charge in [-0.05, 0) is 47.9 Å². The van der Waals surface area contributed by atoms with Crippen LogP contribution in [0.25, 0.3) is 0 Å². The summed E-state index contributed by atoms with van der Waals surface area (Å²) < 4.78 is 5.21. The predicted octanol–water partition coefficient (Wildman–Crippen LogP) is 4.69. The second kappa shape index (κ2) is 7.04. The standard InChI is InChI=1S/C16H19NOS2/c1-11(12-5-7-14(18-2)8-6-12)13-9-15(19-3)17-16(10-13)20-4/h5-11H,1-4H3. The number of nitrogens with zero attached hydrogens (tertiary/aromatic N) is 1. The van der Waals surface area contributed by atoms with Gasteiger partial charge in [-0.15, -0.1) is 23.5 Å². The SMILES string of the molecule is COc1ccc(C(C)c2cc(SC)nc(SC)c2)cc1. The van der Waals surface area contributed by atoms with Crippen LogP contribution in [0.3, 0.4) is 0 Å². The van der Waals surface area contributed by atoms with Crippen LogP contribution in [-0.4, -0.2) is 24.6 Å². The number of rotatable bonds is 5. The van der Waals surface area contributed by atoms with Gasteiger partial charge in [0.1, 0.15) is 5.75 Å². The van der Waals surface area contributed by atoms with E-state index in [1.54, 1.807) is 30.6 Å². The largest absolute Gasteiger partial charge is 0.497 e. The van der Waals surface area contributed by atoms with Gasteiger partial charge in [-0.1, -0.05) is 19.1 Å². The van der Waals surface area contributed by atoms with Gasteiger partial charge in [0.15, 0.2) is 0 Å². The van der Waals surface area contributed by atoms with Gasteiger partial charge in [-0.3, -0.25) is 0 Å². The summed E-state index contributed by atoms with van der Waals surface area (Å²) in [5.41, 5.74) is 2.59. The number of thioether (sulfide) groups is 2. The maximum absolute atomic E-state index is 5.21. The van der Waals surface area contributed by atoms with E-state index in [1.165, 1.54) is 11.1 Å². The fourth-order valence-corrected chi connectivity index (χ4v) is 2.99. The monoisotopic (exact) mass is 305 g/mol. The maximum atomic E-state index is 5.21. The van der Waals surface area contributed by atoms with E-state index in [9.17, 15) is 0 Å². The molecule has 0 N–H and O–H groups in total. The lowest BCUT2D eigenvalue weighted by Gasteiger charge is -2.15. The van der Waals surface area contributed by atoms with Gasteiger partial charge in [0, 0.05) is 5.92 Å². The van der Waals surface area contributed by atoms with Crippen molar-refractivity contribution in [3.05, 3.63) is 47.5 Å². The van der Waals surface area contributed by atoms with Gasteiger partial charge in [0.25, 0.3) is 0 Å². The molecule has 0 aliphatic rings. The normalized spacial score (nSPS) is 12.2. The van der Waals surface area contributed by atoms with E-state index in [0.717, 1.165) is 15.8 Å². The first-order valence-corrected chi connectivity index (χ1v) is 8.86. The van der Waals surface area contributed by atoms with E-state index >= 15 is 0 Å². The highest BCUT2D eigenvalue weighted by Gasteiger charge is 2.11. The number of hydrogen-bond acceptors (Lipinski definition) is 4. The lowest BCUT2D eigenvalue weighted by Crippen LogP contribution is -1.98. The van der Waals surface area contributed by atoms with E-state index in [0.29, 0.717) is 5.92 Å². The Kier molecular flexibility index (Phi) is 5.38.